The molecular formula is C12H8Cl2N2S. The first-order chi connectivity index (χ1) is 8.17. The van der Waals surface area contributed by atoms with Gasteiger partial charge in [-0.1, -0.05) is 36.2 Å². The van der Waals surface area contributed by atoms with Crippen molar-refractivity contribution in [1.82, 2.24) is 4.98 Å². The summed E-state index contributed by atoms with van der Waals surface area (Å²) in [5.41, 5.74) is 1.50. The van der Waals surface area contributed by atoms with Crippen LogP contribution in [-0.4, -0.2) is 4.98 Å². The van der Waals surface area contributed by atoms with Gasteiger partial charge >= 0.3 is 0 Å². The molecule has 1 heterocycles. The molecule has 0 N–H and O–H groups in total. The normalized spacial score (nSPS) is 10.2. The molecule has 17 heavy (non-hydrogen) atoms. The Morgan fingerprint density at radius 2 is 2.00 bits per heavy atom. The lowest BCUT2D eigenvalue weighted by molar-refractivity contribution is 1.06. The Kier molecular flexibility index (Phi) is 3.68. The molecule has 2 nitrogen and oxygen atoms in total. The predicted molar refractivity (Wildman–Crippen MR) is 71.7 cm³/mol. The van der Waals surface area contributed by atoms with Crippen LogP contribution < -0.4 is 0 Å². The molecule has 0 bridgehead atoms. The molecule has 5 heteroatoms. The van der Waals surface area contributed by atoms with Gasteiger partial charge in [-0.05, 0) is 18.6 Å². The lowest BCUT2D eigenvalue weighted by atomic mass is 10.2. The second kappa shape index (κ2) is 5.05. The number of thiazole rings is 1. The standard InChI is InChI=1S/C12H8Cl2N2S/c1-2-9-10(6-15)17-12(16-9)11-7(13)4-3-5-8(11)14/h3-5H,2H2,1H3. The summed E-state index contributed by atoms with van der Waals surface area (Å²) in [6, 6.07) is 7.46. The molecule has 0 aliphatic carbocycles. The average Bonchev–Trinajstić information content (AvgIpc) is 2.72. The van der Waals surface area contributed by atoms with Crippen molar-refractivity contribution in [3.05, 3.63) is 38.8 Å². The summed E-state index contributed by atoms with van der Waals surface area (Å²) >= 11 is 13.5. The van der Waals surface area contributed by atoms with Gasteiger partial charge in [0.15, 0.2) is 0 Å². The number of rotatable bonds is 2. The lowest BCUT2D eigenvalue weighted by Gasteiger charge is -2.02. The number of aromatic nitrogens is 1. The molecule has 0 amide bonds. The molecule has 0 aliphatic rings. The van der Waals surface area contributed by atoms with Crippen LogP contribution in [-0.2, 0) is 6.42 Å². The highest BCUT2D eigenvalue weighted by Crippen LogP contribution is 2.37. The van der Waals surface area contributed by atoms with E-state index >= 15 is 0 Å². The van der Waals surface area contributed by atoms with E-state index in [2.05, 4.69) is 11.1 Å². The largest absolute Gasteiger partial charge is 0.240 e. The van der Waals surface area contributed by atoms with E-state index in [9.17, 15) is 0 Å². The first-order valence-electron chi connectivity index (χ1n) is 5.01. The lowest BCUT2D eigenvalue weighted by Crippen LogP contribution is -1.84. The Bertz CT molecular complexity index is 579. The highest BCUT2D eigenvalue weighted by Gasteiger charge is 2.15. The van der Waals surface area contributed by atoms with Crippen LogP contribution in [0.5, 0.6) is 0 Å². The van der Waals surface area contributed by atoms with Crippen molar-refractivity contribution in [2.24, 2.45) is 0 Å². The van der Waals surface area contributed by atoms with Crippen molar-refractivity contribution in [2.45, 2.75) is 13.3 Å². The minimum absolute atomic E-state index is 0.554. The second-order valence-electron chi connectivity index (χ2n) is 3.36. The highest BCUT2D eigenvalue weighted by molar-refractivity contribution is 7.15. The molecule has 0 unspecified atom stereocenters. The van der Waals surface area contributed by atoms with Crippen LogP contribution >= 0.6 is 34.5 Å². The van der Waals surface area contributed by atoms with Crippen molar-refractivity contribution in [3.63, 3.8) is 0 Å². The van der Waals surface area contributed by atoms with E-state index in [1.165, 1.54) is 11.3 Å². The molecular weight excluding hydrogens is 275 g/mol. The fraction of sp³-hybridized carbons (Fsp3) is 0.167. The second-order valence-corrected chi connectivity index (χ2v) is 5.17. The smallest absolute Gasteiger partial charge is 0.128 e. The monoisotopic (exact) mass is 282 g/mol. The average molecular weight is 283 g/mol. The molecule has 0 spiro atoms. The van der Waals surface area contributed by atoms with E-state index in [0.29, 0.717) is 25.5 Å². The van der Waals surface area contributed by atoms with Gasteiger partial charge in [0.1, 0.15) is 16.0 Å². The van der Waals surface area contributed by atoms with E-state index in [0.717, 1.165) is 12.1 Å². The zero-order valence-electron chi connectivity index (χ0n) is 9.00. The van der Waals surface area contributed by atoms with Gasteiger partial charge in [-0.2, -0.15) is 5.26 Å². The Hall–Kier alpha value is -1.08. The number of hydrogen-bond donors (Lipinski definition) is 0. The quantitative estimate of drug-likeness (QED) is 0.810. The van der Waals surface area contributed by atoms with Gasteiger partial charge in [0.25, 0.3) is 0 Å². The van der Waals surface area contributed by atoms with E-state index < -0.39 is 0 Å². The van der Waals surface area contributed by atoms with Crippen molar-refractivity contribution >= 4 is 34.5 Å². The summed E-state index contributed by atoms with van der Waals surface area (Å²) in [5, 5.41) is 10.8. The van der Waals surface area contributed by atoms with Crippen molar-refractivity contribution in [1.29, 1.82) is 5.26 Å². The maximum Gasteiger partial charge on any atom is 0.128 e. The summed E-state index contributed by atoms with van der Waals surface area (Å²) in [7, 11) is 0. The Morgan fingerprint density at radius 3 is 2.47 bits per heavy atom. The fourth-order valence-corrected chi connectivity index (χ4v) is 3.20. The van der Waals surface area contributed by atoms with Crippen LogP contribution in [0.2, 0.25) is 10.0 Å². The maximum absolute atomic E-state index is 9.00. The van der Waals surface area contributed by atoms with Gasteiger partial charge in [0, 0.05) is 5.56 Å². The molecule has 86 valence electrons. The Morgan fingerprint density at radius 1 is 1.35 bits per heavy atom. The first kappa shape index (κ1) is 12.4. The molecule has 2 aromatic rings. The molecule has 0 aliphatic heterocycles. The van der Waals surface area contributed by atoms with Crippen LogP contribution in [0.25, 0.3) is 10.6 Å². The number of nitriles is 1. The molecule has 2 rings (SSSR count). The molecule has 0 radical (unpaired) electrons. The summed E-state index contributed by atoms with van der Waals surface area (Å²) in [6.45, 7) is 1.97. The third-order valence-electron chi connectivity index (χ3n) is 2.31. The van der Waals surface area contributed by atoms with Gasteiger partial charge in [-0.25, -0.2) is 4.98 Å². The van der Waals surface area contributed by atoms with Crippen LogP contribution in [0.4, 0.5) is 0 Å². The van der Waals surface area contributed by atoms with E-state index in [4.69, 9.17) is 28.5 Å². The molecule has 0 saturated heterocycles. The number of hydrogen-bond acceptors (Lipinski definition) is 3. The maximum atomic E-state index is 9.00. The Labute approximate surface area is 113 Å². The zero-order chi connectivity index (χ0) is 12.4. The van der Waals surface area contributed by atoms with Gasteiger partial charge < -0.3 is 0 Å². The van der Waals surface area contributed by atoms with Crippen LogP contribution in [0.15, 0.2) is 18.2 Å². The van der Waals surface area contributed by atoms with Gasteiger partial charge in [0.2, 0.25) is 0 Å². The molecule has 0 fully saturated rings. The molecule has 0 saturated carbocycles. The Balaban J connectivity index is 2.62. The summed E-state index contributed by atoms with van der Waals surface area (Å²) < 4.78 is 0. The van der Waals surface area contributed by atoms with Crippen molar-refractivity contribution in [3.8, 4) is 16.6 Å². The van der Waals surface area contributed by atoms with Crippen LogP contribution in [0.3, 0.4) is 0 Å². The first-order valence-corrected chi connectivity index (χ1v) is 6.58. The minimum Gasteiger partial charge on any atom is -0.240 e. The van der Waals surface area contributed by atoms with Crippen molar-refractivity contribution < 1.29 is 0 Å². The number of nitrogens with zero attached hydrogens (tertiary/aromatic N) is 2. The van der Waals surface area contributed by atoms with Gasteiger partial charge in [-0.3, -0.25) is 0 Å². The fourth-order valence-electron chi connectivity index (χ4n) is 1.49. The van der Waals surface area contributed by atoms with Crippen LogP contribution in [0.1, 0.15) is 17.5 Å². The highest BCUT2D eigenvalue weighted by atomic mass is 35.5. The van der Waals surface area contributed by atoms with E-state index in [1.807, 2.05) is 6.92 Å². The molecule has 1 aromatic heterocycles. The molecule has 1 aromatic carbocycles. The van der Waals surface area contributed by atoms with Gasteiger partial charge in [0.05, 0.1) is 15.7 Å². The van der Waals surface area contributed by atoms with E-state index in [-0.39, 0.29) is 0 Å². The van der Waals surface area contributed by atoms with Crippen molar-refractivity contribution in [2.75, 3.05) is 0 Å². The van der Waals surface area contributed by atoms with Gasteiger partial charge in [-0.15, -0.1) is 11.3 Å². The summed E-state index contributed by atoms with van der Waals surface area (Å²) in [5.74, 6) is 0. The predicted octanol–water partition coefficient (Wildman–Crippen LogP) is 4.55. The molecule has 0 atom stereocenters. The number of benzene rings is 1. The summed E-state index contributed by atoms with van der Waals surface area (Å²) in [6.07, 6.45) is 0.724. The van der Waals surface area contributed by atoms with Crippen LogP contribution in [0, 0.1) is 11.3 Å². The SMILES string of the molecule is CCc1nc(-c2c(Cl)cccc2Cl)sc1C#N. The number of aryl methyl sites for hydroxylation is 1. The minimum atomic E-state index is 0.554. The third-order valence-corrected chi connectivity index (χ3v) is 3.96. The van der Waals surface area contributed by atoms with E-state index in [1.54, 1.807) is 18.2 Å². The third kappa shape index (κ3) is 2.30. The topological polar surface area (TPSA) is 36.7 Å². The zero-order valence-corrected chi connectivity index (χ0v) is 11.3. The number of halogens is 2. The summed E-state index contributed by atoms with van der Waals surface area (Å²) in [4.78, 5) is 5.04.